The van der Waals surface area contributed by atoms with Crippen LogP contribution in [0.3, 0.4) is 0 Å². The van der Waals surface area contributed by atoms with Crippen molar-refractivity contribution in [1.29, 1.82) is 0 Å². The molecule has 2 rings (SSSR count). The summed E-state index contributed by atoms with van der Waals surface area (Å²) < 4.78 is 0. The fourth-order valence-electron chi connectivity index (χ4n) is 1.39. The molecular formula is C10H9ClN2. The van der Waals surface area contributed by atoms with Crippen LogP contribution in [0, 0.1) is 0 Å². The van der Waals surface area contributed by atoms with Gasteiger partial charge < -0.3 is 5.43 Å². The molecule has 2 aromatic carbocycles. The Balaban J connectivity index is 2.84. The average Bonchev–Trinajstić information content (AvgIpc) is 2.18. The van der Waals surface area contributed by atoms with Crippen molar-refractivity contribution >= 4 is 28.1 Å². The van der Waals surface area contributed by atoms with Gasteiger partial charge in [0.05, 0.1) is 10.7 Å². The number of nitrogen functional groups attached to an aromatic ring is 1. The smallest absolute Gasteiger partial charge is 0.0751 e. The van der Waals surface area contributed by atoms with Gasteiger partial charge in [0.2, 0.25) is 0 Å². The minimum Gasteiger partial charge on any atom is -0.322 e. The molecule has 3 N–H and O–H groups in total. The normalized spacial score (nSPS) is 10.3. The fraction of sp³-hybridized carbons (Fsp3) is 0. The summed E-state index contributed by atoms with van der Waals surface area (Å²) >= 11 is 5.96. The van der Waals surface area contributed by atoms with Gasteiger partial charge in [0, 0.05) is 5.39 Å². The van der Waals surface area contributed by atoms with E-state index in [-0.39, 0.29) is 0 Å². The lowest BCUT2D eigenvalue weighted by Crippen LogP contribution is -2.07. The number of hydrogen-bond acceptors (Lipinski definition) is 2. The average molecular weight is 193 g/mol. The highest BCUT2D eigenvalue weighted by Crippen LogP contribution is 2.29. The van der Waals surface area contributed by atoms with Crippen LogP contribution in [0.15, 0.2) is 36.4 Å². The highest BCUT2D eigenvalue weighted by molar-refractivity contribution is 6.34. The van der Waals surface area contributed by atoms with Crippen molar-refractivity contribution in [2.75, 3.05) is 5.43 Å². The van der Waals surface area contributed by atoms with Crippen LogP contribution in [0.1, 0.15) is 0 Å². The van der Waals surface area contributed by atoms with Crippen molar-refractivity contribution in [3.05, 3.63) is 41.4 Å². The first-order chi connectivity index (χ1) is 6.33. The second-order valence-corrected chi connectivity index (χ2v) is 3.20. The van der Waals surface area contributed by atoms with Gasteiger partial charge in [-0.15, -0.1) is 0 Å². The van der Waals surface area contributed by atoms with Gasteiger partial charge in [-0.25, -0.2) is 0 Å². The zero-order valence-electron chi connectivity index (χ0n) is 6.92. The molecule has 0 aliphatic heterocycles. The number of nitrogens with one attached hydrogen (secondary N) is 1. The van der Waals surface area contributed by atoms with Crippen LogP contribution in [0.25, 0.3) is 10.8 Å². The Hall–Kier alpha value is -1.25. The van der Waals surface area contributed by atoms with Gasteiger partial charge in [-0.05, 0) is 11.5 Å². The predicted octanol–water partition coefficient (Wildman–Crippen LogP) is 2.78. The third kappa shape index (κ3) is 1.34. The first kappa shape index (κ1) is 8.35. The highest BCUT2D eigenvalue weighted by Gasteiger charge is 2.02. The number of halogens is 1. The summed E-state index contributed by atoms with van der Waals surface area (Å²) in [7, 11) is 0. The van der Waals surface area contributed by atoms with Crippen LogP contribution in [0.2, 0.25) is 5.02 Å². The Morgan fingerprint density at radius 3 is 2.62 bits per heavy atom. The molecule has 0 bridgehead atoms. The van der Waals surface area contributed by atoms with Crippen molar-refractivity contribution in [2.24, 2.45) is 5.84 Å². The molecule has 0 unspecified atom stereocenters. The number of hydrogen-bond donors (Lipinski definition) is 2. The first-order valence-corrected chi connectivity index (χ1v) is 4.34. The molecule has 2 nitrogen and oxygen atoms in total. The van der Waals surface area contributed by atoms with Gasteiger partial charge in [0.15, 0.2) is 0 Å². The molecule has 2 aromatic rings. The van der Waals surface area contributed by atoms with E-state index in [9.17, 15) is 0 Å². The molecule has 0 saturated heterocycles. The maximum absolute atomic E-state index is 5.96. The molecule has 0 amide bonds. The van der Waals surface area contributed by atoms with E-state index < -0.39 is 0 Å². The van der Waals surface area contributed by atoms with E-state index in [1.807, 2.05) is 36.4 Å². The first-order valence-electron chi connectivity index (χ1n) is 3.97. The number of rotatable bonds is 1. The van der Waals surface area contributed by atoms with E-state index in [1.54, 1.807) is 0 Å². The van der Waals surface area contributed by atoms with E-state index in [0.29, 0.717) is 5.02 Å². The lowest BCUT2D eigenvalue weighted by Gasteiger charge is -2.07. The molecule has 0 spiro atoms. The Morgan fingerprint density at radius 2 is 1.85 bits per heavy atom. The van der Waals surface area contributed by atoms with E-state index in [4.69, 9.17) is 17.4 Å². The van der Waals surface area contributed by atoms with Crippen LogP contribution >= 0.6 is 11.6 Å². The van der Waals surface area contributed by atoms with Crippen LogP contribution in [-0.4, -0.2) is 0 Å². The van der Waals surface area contributed by atoms with Gasteiger partial charge in [0.1, 0.15) is 0 Å². The molecule has 0 aliphatic rings. The number of anilines is 1. The summed E-state index contributed by atoms with van der Waals surface area (Å²) in [6.45, 7) is 0. The Bertz CT molecular complexity index is 440. The van der Waals surface area contributed by atoms with Crippen molar-refractivity contribution in [2.45, 2.75) is 0 Å². The van der Waals surface area contributed by atoms with E-state index >= 15 is 0 Å². The van der Waals surface area contributed by atoms with Crippen LogP contribution < -0.4 is 11.3 Å². The fourth-order valence-corrected chi connectivity index (χ4v) is 1.61. The second kappa shape index (κ2) is 3.24. The minimum atomic E-state index is 0.640. The second-order valence-electron chi connectivity index (χ2n) is 2.79. The van der Waals surface area contributed by atoms with Crippen molar-refractivity contribution in [3.63, 3.8) is 0 Å². The van der Waals surface area contributed by atoms with Crippen LogP contribution in [0.4, 0.5) is 5.69 Å². The van der Waals surface area contributed by atoms with E-state index in [1.165, 1.54) is 0 Å². The third-order valence-electron chi connectivity index (χ3n) is 2.02. The molecule has 0 aromatic heterocycles. The van der Waals surface area contributed by atoms with Gasteiger partial charge in [-0.2, -0.15) is 0 Å². The maximum atomic E-state index is 5.96. The van der Waals surface area contributed by atoms with Gasteiger partial charge in [-0.3, -0.25) is 5.84 Å². The van der Waals surface area contributed by atoms with Crippen molar-refractivity contribution < 1.29 is 0 Å². The third-order valence-corrected chi connectivity index (χ3v) is 2.34. The number of nitrogens with two attached hydrogens (primary N) is 1. The van der Waals surface area contributed by atoms with Gasteiger partial charge in [0.25, 0.3) is 0 Å². The zero-order chi connectivity index (χ0) is 9.26. The van der Waals surface area contributed by atoms with Crippen LogP contribution in [-0.2, 0) is 0 Å². The molecule has 0 aliphatic carbocycles. The number of hydrazine groups is 1. The quantitative estimate of drug-likeness (QED) is 0.539. The predicted molar refractivity (Wildman–Crippen MR) is 56.8 cm³/mol. The molecular weight excluding hydrogens is 184 g/mol. The maximum Gasteiger partial charge on any atom is 0.0751 e. The summed E-state index contributed by atoms with van der Waals surface area (Å²) in [5.74, 6) is 5.38. The summed E-state index contributed by atoms with van der Waals surface area (Å²) in [6, 6.07) is 11.7. The molecule has 13 heavy (non-hydrogen) atoms. The van der Waals surface area contributed by atoms with Gasteiger partial charge >= 0.3 is 0 Å². The lowest BCUT2D eigenvalue weighted by molar-refractivity contribution is 1.37. The van der Waals surface area contributed by atoms with Crippen molar-refractivity contribution in [3.8, 4) is 0 Å². The molecule has 3 heteroatoms. The molecule has 66 valence electrons. The van der Waals surface area contributed by atoms with E-state index in [2.05, 4.69) is 5.43 Å². The summed E-state index contributed by atoms with van der Waals surface area (Å²) in [4.78, 5) is 0. The molecule has 0 heterocycles. The monoisotopic (exact) mass is 192 g/mol. The number of fused-ring (bicyclic) bond motifs is 1. The van der Waals surface area contributed by atoms with Crippen LogP contribution in [0.5, 0.6) is 0 Å². The number of benzene rings is 2. The Morgan fingerprint density at radius 1 is 1.08 bits per heavy atom. The lowest BCUT2D eigenvalue weighted by atomic mass is 10.1. The Kier molecular flexibility index (Phi) is 2.08. The largest absolute Gasteiger partial charge is 0.322 e. The molecule has 0 atom stereocenters. The summed E-state index contributed by atoms with van der Waals surface area (Å²) in [5, 5.41) is 2.80. The zero-order valence-corrected chi connectivity index (χ0v) is 7.68. The van der Waals surface area contributed by atoms with Gasteiger partial charge in [-0.1, -0.05) is 41.9 Å². The molecule has 0 fully saturated rings. The minimum absolute atomic E-state index is 0.640. The van der Waals surface area contributed by atoms with E-state index in [0.717, 1.165) is 16.5 Å². The standard InChI is InChI=1S/C10H9ClN2/c11-9-6-5-7-3-1-2-4-8(7)10(9)13-12/h1-6,13H,12H2. The SMILES string of the molecule is NNc1c(Cl)ccc2ccccc12. The summed E-state index contributed by atoms with van der Waals surface area (Å²) in [6.07, 6.45) is 0. The Labute approximate surface area is 81.3 Å². The molecule has 0 saturated carbocycles. The highest BCUT2D eigenvalue weighted by atomic mass is 35.5. The molecule has 0 radical (unpaired) electrons. The summed E-state index contributed by atoms with van der Waals surface area (Å²) in [5.41, 5.74) is 3.38. The topological polar surface area (TPSA) is 38.0 Å². The van der Waals surface area contributed by atoms with Crippen molar-refractivity contribution in [1.82, 2.24) is 0 Å².